The van der Waals surface area contributed by atoms with E-state index in [-0.39, 0.29) is 0 Å². The molecule has 0 unspecified atom stereocenters. The first kappa shape index (κ1) is 18.2. The van der Waals surface area contributed by atoms with Gasteiger partial charge in [-0.25, -0.2) is 0 Å². The highest BCUT2D eigenvalue weighted by molar-refractivity contribution is 6.34. The van der Waals surface area contributed by atoms with Crippen molar-refractivity contribution in [2.45, 2.75) is 0 Å². The van der Waals surface area contributed by atoms with Crippen LogP contribution >= 0.6 is 0 Å². The third-order valence-electron chi connectivity index (χ3n) is 6.66. The Hall–Kier alpha value is -4.43. The Bertz CT molecular complexity index is 1670. The Morgan fingerprint density at radius 3 is 1.82 bits per heavy atom. The molecular weight excluding hydrogens is 400 g/mol. The van der Waals surface area contributed by atoms with Crippen molar-refractivity contribution < 1.29 is 0 Å². The molecule has 1 heterocycles. The van der Waals surface area contributed by atoms with Gasteiger partial charge in [-0.1, -0.05) is 78.9 Å². The SMILES string of the molecule is c1ccc(N(c2cccnc2)c2ccc3c4cccc5cccc(c6cccc2c63)c54)cc1. The number of benzene rings is 6. The van der Waals surface area contributed by atoms with Crippen LogP contribution in [0.15, 0.2) is 122 Å². The van der Waals surface area contributed by atoms with Gasteiger partial charge in [0.15, 0.2) is 0 Å². The number of anilines is 3. The zero-order valence-corrected chi connectivity index (χ0v) is 17.9. The summed E-state index contributed by atoms with van der Waals surface area (Å²) in [6.07, 6.45) is 3.75. The van der Waals surface area contributed by atoms with E-state index in [1.54, 1.807) is 0 Å². The number of pyridine rings is 1. The molecule has 0 atom stereocenters. The van der Waals surface area contributed by atoms with Crippen LogP contribution in [0, 0.1) is 0 Å². The number of rotatable bonds is 3. The largest absolute Gasteiger partial charge is 0.308 e. The molecule has 2 nitrogen and oxygen atoms in total. The maximum atomic E-state index is 4.41. The maximum Gasteiger partial charge on any atom is 0.0645 e. The van der Waals surface area contributed by atoms with Crippen LogP contribution in [0.4, 0.5) is 17.1 Å². The van der Waals surface area contributed by atoms with Gasteiger partial charge in [0, 0.05) is 17.3 Å². The zero-order valence-electron chi connectivity index (χ0n) is 17.9. The zero-order chi connectivity index (χ0) is 21.8. The Morgan fingerprint density at radius 1 is 0.455 bits per heavy atom. The minimum atomic E-state index is 1.04. The standard InChI is InChI=1S/C31H20N2/c1-2-10-22(11-3-1)33(23-12-7-19-32-20-23)29-18-17-27-25-14-5-9-21-8-4-13-24(30(21)25)26-15-6-16-28(29)31(26)27/h1-20H. The van der Waals surface area contributed by atoms with Crippen LogP contribution in [-0.2, 0) is 0 Å². The van der Waals surface area contributed by atoms with Crippen LogP contribution in [0.2, 0.25) is 0 Å². The number of hydrogen-bond donors (Lipinski definition) is 0. The quantitative estimate of drug-likeness (QED) is 0.210. The van der Waals surface area contributed by atoms with Gasteiger partial charge in [0.1, 0.15) is 0 Å². The fourth-order valence-corrected chi connectivity index (χ4v) is 5.32. The Kier molecular flexibility index (Phi) is 3.88. The minimum Gasteiger partial charge on any atom is -0.308 e. The van der Waals surface area contributed by atoms with Crippen molar-refractivity contribution in [2.75, 3.05) is 4.90 Å². The lowest BCUT2D eigenvalue weighted by Gasteiger charge is -2.27. The molecular formula is C31H20N2. The van der Waals surface area contributed by atoms with Gasteiger partial charge in [0.2, 0.25) is 0 Å². The molecule has 2 heteroatoms. The molecule has 0 spiro atoms. The molecule has 33 heavy (non-hydrogen) atoms. The van der Waals surface area contributed by atoms with Gasteiger partial charge >= 0.3 is 0 Å². The summed E-state index contributed by atoms with van der Waals surface area (Å²) in [5.41, 5.74) is 3.31. The smallest absolute Gasteiger partial charge is 0.0645 e. The van der Waals surface area contributed by atoms with Gasteiger partial charge in [0.05, 0.1) is 17.6 Å². The lowest BCUT2D eigenvalue weighted by Crippen LogP contribution is -2.10. The fourth-order valence-electron chi connectivity index (χ4n) is 5.32. The van der Waals surface area contributed by atoms with E-state index in [2.05, 4.69) is 113 Å². The van der Waals surface area contributed by atoms with Gasteiger partial charge in [-0.05, 0) is 68.0 Å². The highest BCUT2D eigenvalue weighted by Crippen LogP contribution is 2.45. The van der Waals surface area contributed by atoms with E-state index in [1.165, 1.54) is 43.1 Å². The number of hydrogen-bond acceptors (Lipinski definition) is 2. The lowest BCUT2D eigenvalue weighted by atomic mass is 9.89. The first-order valence-corrected chi connectivity index (χ1v) is 11.2. The van der Waals surface area contributed by atoms with Crippen LogP contribution in [0.3, 0.4) is 0 Å². The van der Waals surface area contributed by atoms with Crippen molar-refractivity contribution in [3.63, 3.8) is 0 Å². The molecule has 0 aliphatic heterocycles. The van der Waals surface area contributed by atoms with E-state index in [4.69, 9.17) is 0 Å². The van der Waals surface area contributed by atoms with E-state index in [9.17, 15) is 0 Å². The second kappa shape index (κ2) is 7.04. The molecule has 0 aliphatic carbocycles. The second-order valence-corrected chi connectivity index (χ2v) is 8.45. The molecule has 6 aromatic carbocycles. The topological polar surface area (TPSA) is 16.1 Å². The normalized spacial score (nSPS) is 11.6. The molecule has 0 amide bonds. The molecule has 0 fully saturated rings. The highest BCUT2D eigenvalue weighted by Gasteiger charge is 2.19. The van der Waals surface area contributed by atoms with Crippen molar-refractivity contribution in [1.29, 1.82) is 0 Å². The Labute approximate surface area is 191 Å². The van der Waals surface area contributed by atoms with E-state index < -0.39 is 0 Å². The van der Waals surface area contributed by atoms with Crippen LogP contribution in [0.1, 0.15) is 0 Å². The number of aromatic nitrogens is 1. The van der Waals surface area contributed by atoms with E-state index in [0.29, 0.717) is 0 Å². The summed E-state index contributed by atoms with van der Waals surface area (Å²) < 4.78 is 0. The van der Waals surface area contributed by atoms with Crippen LogP contribution in [0.25, 0.3) is 43.1 Å². The minimum absolute atomic E-state index is 1.04. The van der Waals surface area contributed by atoms with E-state index in [0.717, 1.165) is 17.1 Å². The highest BCUT2D eigenvalue weighted by atomic mass is 15.1. The predicted octanol–water partition coefficient (Wildman–Crippen LogP) is 8.60. The van der Waals surface area contributed by atoms with Crippen molar-refractivity contribution in [1.82, 2.24) is 4.98 Å². The Morgan fingerprint density at radius 2 is 1.09 bits per heavy atom. The molecule has 0 aliphatic rings. The molecule has 154 valence electrons. The van der Waals surface area contributed by atoms with Crippen LogP contribution in [-0.4, -0.2) is 4.98 Å². The number of para-hydroxylation sites is 1. The van der Waals surface area contributed by atoms with Crippen LogP contribution in [0.5, 0.6) is 0 Å². The summed E-state index contributed by atoms with van der Waals surface area (Å²) in [6.45, 7) is 0. The lowest BCUT2D eigenvalue weighted by molar-refractivity contribution is 1.24. The monoisotopic (exact) mass is 420 g/mol. The summed E-state index contributed by atoms with van der Waals surface area (Å²) >= 11 is 0. The van der Waals surface area contributed by atoms with Crippen LogP contribution < -0.4 is 4.90 Å². The fraction of sp³-hybridized carbons (Fsp3) is 0. The number of nitrogens with zero attached hydrogens (tertiary/aromatic N) is 2. The van der Waals surface area contributed by atoms with Gasteiger partial charge in [-0.3, -0.25) is 4.98 Å². The summed E-state index contributed by atoms with van der Waals surface area (Å²) in [7, 11) is 0. The summed E-state index contributed by atoms with van der Waals surface area (Å²) in [4.78, 5) is 6.72. The molecule has 7 aromatic rings. The number of fused-ring (bicyclic) bond motifs is 2. The average molecular weight is 421 g/mol. The van der Waals surface area contributed by atoms with Crippen molar-refractivity contribution in [3.05, 3.63) is 122 Å². The molecule has 0 N–H and O–H groups in total. The van der Waals surface area contributed by atoms with Gasteiger partial charge in [-0.2, -0.15) is 0 Å². The molecule has 0 radical (unpaired) electrons. The molecule has 0 saturated carbocycles. The van der Waals surface area contributed by atoms with Gasteiger partial charge in [-0.15, -0.1) is 0 Å². The summed E-state index contributed by atoms with van der Waals surface area (Å²) in [5.74, 6) is 0. The molecule has 1 aromatic heterocycles. The van der Waals surface area contributed by atoms with E-state index in [1.807, 2.05) is 18.5 Å². The summed E-state index contributed by atoms with van der Waals surface area (Å²) in [5, 5.41) is 10.4. The second-order valence-electron chi connectivity index (χ2n) is 8.45. The molecule has 0 bridgehead atoms. The third kappa shape index (κ3) is 2.64. The summed E-state index contributed by atoms with van der Waals surface area (Å²) in [6, 6.07) is 39.1. The maximum absolute atomic E-state index is 4.41. The van der Waals surface area contributed by atoms with E-state index >= 15 is 0 Å². The molecule has 0 saturated heterocycles. The Balaban J connectivity index is 1.64. The predicted molar refractivity (Wildman–Crippen MR) is 140 cm³/mol. The third-order valence-corrected chi connectivity index (χ3v) is 6.66. The first-order chi connectivity index (χ1) is 16.4. The average Bonchev–Trinajstić information content (AvgIpc) is 2.89. The molecule has 7 rings (SSSR count). The van der Waals surface area contributed by atoms with Crippen molar-refractivity contribution in [2.24, 2.45) is 0 Å². The van der Waals surface area contributed by atoms with Crippen molar-refractivity contribution >= 4 is 60.2 Å². The van der Waals surface area contributed by atoms with Gasteiger partial charge in [0.25, 0.3) is 0 Å². The first-order valence-electron chi connectivity index (χ1n) is 11.2. The van der Waals surface area contributed by atoms with Crippen molar-refractivity contribution in [3.8, 4) is 0 Å². The van der Waals surface area contributed by atoms with Gasteiger partial charge < -0.3 is 4.90 Å².